The summed E-state index contributed by atoms with van der Waals surface area (Å²) in [5.41, 5.74) is 4.15. The number of aryl methyl sites for hydroxylation is 2. The molecule has 0 aliphatic carbocycles. The zero-order chi connectivity index (χ0) is 15.2. The van der Waals surface area contributed by atoms with E-state index < -0.39 is 0 Å². The highest BCUT2D eigenvalue weighted by atomic mass is 32.2. The minimum absolute atomic E-state index is 0.190. The summed E-state index contributed by atoms with van der Waals surface area (Å²) in [6, 6.07) is 0. The van der Waals surface area contributed by atoms with Gasteiger partial charge >= 0.3 is 0 Å². The lowest BCUT2D eigenvalue weighted by molar-refractivity contribution is 0.429. The summed E-state index contributed by atoms with van der Waals surface area (Å²) in [7, 11) is 0. The van der Waals surface area contributed by atoms with Crippen molar-refractivity contribution in [2.45, 2.75) is 66.5 Å². The molecule has 0 radical (unpaired) electrons. The predicted molar refractivity (Wildman–Crippen MR) is 90.8 cm³/mol. The SMILES string of the molecule is CCSCCCn1nc(C)c(CCNC(C)(C)C)c1C. The lowest BCUT2D eigenvalue weighted by Gasteiger charge is -2.20. The van der Waals surface area contributed by atoms with E-state index in [1.165, 1.54) is 34.9 Å². The van der Waals surface area contributed by atoms with Crippen LogP contribution >= 0.6 is 11.8 Å². The maximum Gasteiger partial charge on any atom is 0.0628 e. The van der Waals surface area contributed by atoms with Crippen LogP contribution in [0.1, 0.15) is 51.1 Å². The fourth-order valence-electron chi connectivity index (χ4n) is 2.34. The Balaban J connectivity index is 2.53. The molecule has 4 heteroatoms. The van der Waals surface area contributed by atoms with Gasteiger partial charge in [-0.3, -0.25) is 4.68 Å². The maximum atomic E-state index is 4.70. The Hall–Kier alpha value is -0.480. The van der Waals surface area contributed by atoms with Gasteiger partial charge in [0.15, 0.2) is 0 Å². The molecule has 1 aromatic heterocycles. The summed E-state index contributed by atoms with van der Waals surface area (Å²) in [6.45, 7) is 15.3. The van der Waals surface area contributed by atoms with Crippen LogP contribution < -0.4 is 5.32 Å². The fourth-order valence-corrected chi connectivity index (χ4v) is 2.96. The van der Waals surface area contributed by atoms with Gasteiger partial charge in [-0.15, -0.1) is 0 Å². The monoisotopic (exact) mass is 297 g/mol. The largest absolute Gasteiger partial charge is 0.312 e. The van der Waals surface area contributed by atoms with Gasteiger partial charge in [0.1, 0.15) is 0 Å². The molecule has 0 amide bonds. The standard InChI is InChI=1S/C16H31N3S/c1-7-20-12-8-11-19-14(3)15(13(2)18-19)9-10-17-16(4,5)6/h17H,7-12H2,1-6H3. The van der Waals surface area contributed by atoms with Crippen LogP contribution in [-0.2, 0) is 13.0 Å². The van der Waals surface area contributed by atoms with Crippen molar-refractivity contribution in [3.05, 3.63) is 17.0 Å². The normalized spacial score (nSPS) is 12.1. The lowest BCUT2D eigenvalue weighted by Crippen LogP contribution is -2.37. The zero-order valence-electron chi connectivity index (χ0n) is 14.0. The van der Waals surface area contributed by atoms with Gasteiger partial charge in [0.2, 0.25) is 0 Å². The Morgan fingerprint density at radius 2 is 1.95 bits per heavy atom. The van der Waals surface area contributed by atoms with E-state index in [1.807, 2.05) is 11.8 Å². The third kappa shape index (κ3) is 5.88. The molecule has 0 saturated carbocycles. The number of nitrogens with one attached hydrogen (secondary N) is 1. The average molecular weight is 298 g/mol. The molecule has 1 heterocycles. The quantitative estimate of drug-likeness (QED) is 0.744. The first-order valence-corrected chi connectivity index (χ1v) is 8.86. The van der Waals surface area contributed by atoms with Gasteiger partial charge in [-0.25, -0.2) is 0 Å². The Bertz CT molecular complexity index is 405. The molecule has 0 aliphatic rings. The maximum absolute atomic E-state index is 4.70. The van der Waals surface area contributed by atoms with Crippen LogP contribution in [0.4, 0.5) is 0 Å². The molecule has 0 unspecified atom stereocenters. The van der Waals surface area contributed by atoms with Gasteiger partial charge in [-0.05, 0) is 71.1 Å². The fraction of sp³-hybridized carbons (Fsp3) is 0.812. The van der Waals surface area contributed by atoms with E-state index in [9.17, 15) is 0 Å². The van der Waals surface area contributed by atoms with Gasteiger partial charge < -0.3 is 5.32 Å². The van der Waals surface area contributed by atoms with E-state index in [0.717, 1.165) is 19.5 Å². The number of hydrogen-bond acceptors (Lipinski definition) is 3. The van der Waals surface area contributed by atoms with Crippen LogP contribution in [0.25, 0.3) is 0 Å². The number of thioether (sulfide) groups is 1. The van der Waals surface area contributed by atoms with E-state index in [-0.39, 0.29) is 5.54 Å². The highest BCUT2D eigenvalue weighted by molar-refractivity contribution is 7.99. The summed E-state index contributed by atoms with van der Waals surface area (Å²) < 4.78 is 2.19. The molecule has 20 heavy (non-hydrogen) atoms. The van der Waals surface area contributed by atoms with E-state index in [2.05, 4.69) is 51.5 Å². The molecule has 0 saturated heterocycles. The van der Waals surface area contributed by atoms with E-state index in [0.29, 0.717) is 0 Å². The minimum atomic E-state index is 0.190. The van der Waals surface area contributed by atoms with Gasteiger partial charge in [-0.2, -0.15) is 16.9 Å². The first kappa shape index (κ1) is 17.6. The number of rotatable bonds is 8. The van der Waals surface area contributed by atoms with Crippen LogP contribution in [-0.4, -0.2) is 33.4 Å². The van der Waals surface area contributed by atoms with Crippen molar-refractivity contribution < 1.29 is 0 Å². The minimum Gasteiger partial charge on any atom is -0.312 e. The highest BCUT2D eigenvalue weighted by Crippen LogP contribution is 2.15. The Morgan fingerprint density at radius 1 is 1.25 bits per heavy atom. The Kier molecular flexibility index (Phi) is 7.10. The molecule has 1 rings (SSSR count). The molecule has 1 N–H and O–H groups in total. The van der Waals surface area contributed by atoms with Gasteiger partial charge in [0, 0.05) is 17.8 Å². The lowest BCUT2D eigenvalue weighted by atomic mass is 10.1. The van der Waals surface area contributed by atoms with E-state index >= 15 is 0 Å². The summed E-state index contributed by atoms with van der Waals surface area (Å²) in [4.78, 5) is 0. The first-order valence-electron chi connectivity index (χ1n) is 7.71. The Labute approximate surface area is 128 Å². The third-order valence-corrected chi connectivity index (χ3v) is 4.41. The molecule has 116 valence electrons. The van der Waals surface area contributed by atoms with Crippen molar-refractivity contribution in [1.82, 2.24) is 15.1 Å². The molecule has 0 atom stereocenters. The summed E-state index contributed by atoms with van der Waals surface area (Å²) in [6.07, 6.45) is 2.28. The van der Waals surface area contributed by atoms with Gasteiger partial charge in [-0.1, -0.05) is 6.92 Å². The van der Waals surface area contributed by atoms with Crippen LogP contribution in [0.3, 0.4) is 0 Å². The second-order valence-electron chi connectivity index (χ2n) is 6.35. The summed E-state index contributed by atoms with van der Waals surface area (Å²) in [5, 5.41) is 8.26. The first-order chi connectivity index (χ1) is 9.35. The topological polar surface area (TPSA) is 29.9 Å². The van der Waals surface area contributed by atoms with Crippen LogP contribution in [0.2, 0.25) is 0 Å². The molecule has 0 aliphatic heterocycles. The van der Waals surface area contributed by atoms with Crippen molar-refractivity contribution >= 4 is 11.8 Å². The molecular formula is C16H31N3S. The molecule has 3 nitrogen and oxygen atoms in total. The second kappa shape index (κ2) is 8.08. The molecule has 0 aromatic carbocycles. The van der Waals surface area contributed by atoms with E-state index in [1.54, 1.807) is 0 Å². The second-order valence-corrected chi connectivity index (χ2v) is 7.74. The van der Waals surface area contributed by atoms with E-state index in [4.69, 9.17) is 5.10 Å². The van der Waals surface area contributed by atoms with Crippen LogP contribution in [0.5, 0.6) is 0 Å². The summed E-state index contributed by atoms with van der Waals surface area (Å²) >= 11 is 2.01. The van der Waals surface area contributed by atoms with Crippen molar-refractivity contribution in [3.8, 4) is 0 Å². The van der Waals surface area contributed by atoms with Crippen LogP contribution in [0, 0.1) is 13.8 Å². The average Bonchev–Trinajstić information content (AvgIpc) is 2.61. The van der Waals surface area contributed by atoms with Crippen molar-refractivity contribution in [1.29, 1.82) is 0 Å². The molecule has 0 fully saturated rings. The van der Waals surface area contributed by atoms with Gasteiger partial charge in [0.05, 0.1) is 5.69 Å². The van der Waals surface area contributed by atoms with Gasteiger partial charge in [0.25, 0.3) is 0 Å². The number of aromatic nitrogens is 2. The molecular weight excluding hydrogens is 266 g/mol. The summed E-state index contributed by atoms with van der Waals surface area (Å²) in [5.74, 6) is 2.44. The third-order valence-electron chi connectivity index (χ3n) is 3.42. The Morgan fingerprint density at radius 3 is 2.55 bits per heavy atom. The highest BCUT2D eigenvalue weighted by Gasteiger charge is 2.13. The van der Waals surface area contributed by atoms with Crippen molar-refractivity contribution in [2.75, 3.05) is 18.1 Å². The predicted octanol–water partition coefficient (Wildman–Crippen LogP) is 3.57. The number of hydrogen-bond donors (Lipinski definition) is 1. The molecule has 1 aromatic rings. The van der Waals surface area contributed by atoms with Crippen LogP contribution in [0.15, 0.2) is 0 Å². The molecule has 0 bridgehead atoms. The molecule has 0 spiro atoms. The number of nitrogens with zero attached hydrogens (tertiary/aromatic N) is 2. The smallest absolute Gasteiger partial charge is 0.0628 e. The van der Waals surface area contributed by atoms with Crippen molar-refractivity contribution in [3.63, 3.8) is 0 Å². The van der Waals surface area contributed by atoms with Crippen molar-refractivity contribution in [2.24, 2.45) is 0 Å². The zero-order valence-corrected chi connectivity index (χ0v) is 14.9.